The quantitative estimate of drug-likeness (QED) is 0.0409. The number of benzene rings is 2. The van der Waals surface area contributed by atoms with Gasteiger partial charge in [-0.3, -0.25) is 10.3 Å². The molecule has 0 atom stereocenters. The molecule has 5 N–H and O–H groups in total. The Morgan fingerprint density at radius 2 is 1.96 bits per heavy atom. The van der Waals surface area contributed by atoms with Gasteiger partial charge >= 0.3 is 5.97 Å². The number of nitrogens with one attached hydrogen (secondary N) is 2. The summed E-state index contributed by atoms with van der Waals surface area (Å²) in [5.41, 5.74) is 8.30. The standard InChI is InChI=1S/C40H50FN9O3S2/c1-27(37(43)47-39-45-31-12-5-6-13-33(31)54-39)25-35(42)50(21-8-7-19-44-29-17-22-49(4)23-18-29)40-46-36(38(51)52)34(55-40)14-10-24-53-32-16-15-28(26-30(32)41)11-9-20-48(2)3/h5-6,12-13,15-16,25-26,29,42,44H,7-8,10,14,17-24H2,1-4H3,(H,51,52)(H2,43,45,47)/b27-25-,42-35?. The highest BCUT2D eigenvalue weighted by Gasteiger charge is 2.23. The number of ether oxygens (including phenoxy) is 1. The molecule has 1 aliphatic heterocycles. The molecule has 0 amide bonds. The maximum Gasteiger partial charge on any atom is 0.355 e. The van der Waals surface area contributed by atoms with Crippen molar-refractivity contribution in [1.29, 1.82) is 5.41 Å². The summed E-state index contributed by atoms with van der Waals surface area (Å²) in [6.07, 6.45) is 6.29. The number of carbonyl (C=O) groups is 1. The number of aryl methyl sites for hydroxylation is 1. The minimum Gasteiger partial charge on any atom is -0.491 e. The van der Waals surface area contributed by atoms with Crippen LogP contribution in [0.15, 0.2) is 59.1 Å². The number of anilines is 1. The molecule has 1 aliphatic rings. The van der Waals surface area contributed by atoms with E-state index in [1.54, 1.807) is 30.0 Å². The number of hydrogen-bond acceptors (Lipinski definition) is 11. The summed E-state index contributed by atoms with van der Waals surface area (Å²) in [5, 5.41) is 23.8. The largest absolute Gasteiger partial charge is 0.491 e. The van der Waals surface area contributed by atoms with Crippen LogP contribution in [-0.2, 0) is 6.42 Å². The zero-order valence-electron chi connectivity index (χ0n) is 31.9. The molecule has 0 radical (unpaired) electrons. The summed E-state index contributed by atoms with van der Waals surface area (Å²) < 4.78 is 21.5. The minimum absolute atomic E-state index is 0.0637. The molecule has 1 saturated heterocycles. The fourth-order valence-electron chi connectivity index (χ4n) is 5.89. The zero-order chi connectivity index (χ0) is 39.3. The Bertz CT molecular complexity index is 2030. The smallest absolute Gasteiger partial charge is 0.355 e. The van der Waals surface area contributed by atoms with Crippen LogP contribution in [0, 0.1) is 23.1 Å². The number of rotatable bonds is 17. The van der Waals surface area contributed by atoms with Gasteiger partial charge in [-0.1, -0.05) is 35.3 Å². The number of unbranched alkanes of at least 4 members (excludes halogenated alkanes) is 1. The lowest BCUT2D eigenvalue weighted by Gasteiger charge is -2.29. The molecular formula is C40H50FN9O3S2. The highest BCUT2D eigenvalue weighted by molar-refractivity contribution is 7.22. The SMILES string of the molecule is C/C(=C/C(=N)N(CCCCNC1CCN(C)CC1)c1nc(C(=O)O)c(CCCOc2ccc(C#CCN(C)C)cc2F)s1)C(N)=Nc1nc2ccccc2s1. The predicted octanol–water partition coefficient (Wildman–Crippen LogP) is 6.40. The van der Waals surface area contributed by atoms with Crippen LogP contribution < -0.4 is 20.7 Å². The summed E-state index contributed by atoms with van der Waals surface area (Å²) >= 11 is 2.67. The number of aromatic nitrogens is 2. The Kier molecular flexibility index (Phi) is 15.3. The van der Waals surface area contributed by atoms with E-state index in [1.165, 1.54) is 28.7 Å². The number of halogens is 1. The molecular weight excluding hydrogens is 738 g/mol. The number of carboxylic acids is 1. The van der Waals surface area contributed by atoms with E-state index in [4.69, 9.17) is 15.9 Å². The molecule has 55 heavy (non-hydrogen) atoms. The second-order valence-corrected chi connectivity index (χ2v) is 15.8. The summed E-state index contributed by atoms with van der Waals surface area (Å²) in [5.74, 6) is 4.74. The number of piperidine rings is 1. The number of aliphatic imine (C=N–C) groups is 1. The highest BCUT2D eigenvalue weighted by Crippen LogP contribution is 2.30. The second kappa shape index (κ2) is 20.3. The Morgan fingerprint density at radius 1 is 1.18 bits per heavy atom. The first-order valence-electron chi connectivity index (χ1n) is 18.4. The van der Waals surface area contributed by atoms with E-state index in [0.717, 1.165) is 55.5 Å². The molecule has 15 heteroatoms. The first kappa shape index (κ1) is 41.4. The summed E-state index contributed by atoms with van der Waals surface area (Å²) in [6.45, 7) is 6.00. The van der Waals surface area contributed by atoms with Crippen molar-refractivity contribution in [2.45, 2.75) is 51.5 Å². The zero-order valence-corrected chi connectivity index (χ0v) is 33.5. The maximum absolute atomic E-state index is 14.7. The number of nitrogens with zero attached hydrogens (tertiary/aromatic N) is 6. The van der Waals surface area contributed by atoms with Crippen molar-refractivity contribution < 1.29 is 19.0 Å². The molecule has 2 aromatic heterocycles. The maximum atomic E-state index is 14.7. The van der Waals surface area contributed by atoms with E-state index in [1.807, 2.05) is 43.3 Å². The van der Waals surface area contributed by atoms with Crippen LogP contribution >= 0.6 is 22.7 Å². The number of amidine groups is 2. The Labute approximate surface area is 330 Å². The lowest BCUT2D eigenvalue weighted by atomic mass is 10.1. The third kappa shape index (κ3) is 12.4. The Hall–Kier alpha value is -4.72. The molecule has 0 bridgehead atoms. The van der Waals surface area contributed by atoms with Crippen LogP contribution in [0.4, 0.5) is 14.7 Å². The van der Waals surface area contributed by atoms with Crippen LogP contribution in [0.25, 0.3) is 10.2 Å². The molecule has 5 rings (SSSR count). The molecule has 292 valence electrons. The number of aromatic carboxylic acids is 1. The summed E-state index contributed by atoms with van der Waals surface area (Å²) in [6, 6.07) is 12.9. The van der Waals surface area contributed by atoms with Gasteiger partial charge in [0.15, 0.2) is 22.4 Å². The average molecular weight is 788 g/mol. The van der Waals surface area contributed by atoms with E-state index in [9.17, 15) is 14.3 Å². The minimum atomic E-state index is -1.15. The molecule has 4 aromatic rings. The molecule has 2 aromatic carbocycles. The van der Waals surface area contributed by atoms with Gasteiger partial charge < -0.3 is 30.7 Å². The second-order valence-electron chi connectivity index (χ2n) is 13.8. The van der Waals surface area contributed by atoms with Crippen LogP contribution in [0.3, 0.4) is 0 Å². The third-order valence-corrected chi connectivity index (χ3v) is 11.1. The van der Waals surface area contributed by atoms with Gasteiger partial charge in [0.05, 0.1) is 23.4 Å². The molecule has 0 aliphatic carbocycles. The fraction of sp³-hybridized carbons (Fsp3) is 0.425. The van der Waals surface area contributed by atoms with E-state index >= 15 is 0 Å². The van der Waals surface area contributed by atoms with E-state index in [-0.39, 0.29) is 29.7 Å². The molecule has 0 unspecified atom stereocenters. The lowest BCUT2D eigenvalue weighted by molar-refractivity contribution is 0.0690. The van der Waals surface area contributed by atoms with Crippen molar-refractivity contribution in [3.05, 3.63) is 76.1 Å². The molecule has 3 heterocycles. The van der Waals surface area contributed by atoms with Gasteiger partial charge in [-0.2, -0.15) is 0 Å². The predicted molar refractivity (Wildman–Crippen MR) is 222 cm³/mol. The van der Waals surface area contributed by atoms with Crippen molar-refractivity contribution in [3.63, 3.8) is 0 Å². The van der Waals surface area contributed by atoms with E-state index in [0.29, 0.717) is 58.2 Å². The fourth-order valence-corrected chi connectivity index (χ4v) is 7.87. The molecule has 0 spiro atoms. The van der Waals surface area contributed by atoms with Crippen molar-refractivity contribution in [2.24, 2.45) is 10.7 Å². The summed E-state index contributed by atoms with van der Waals surface area (Å²) in [4.78, 5) is 32.5. The number of fused-ring (bicyclic) bond motifs is 1. The van der Waals surface area contributed by atoms with Crippen LogP contribution in [0.2, 0.25) is 0 Å². The normalized spacial score (nSPS) is 14.3. The molecule has 12 nitrogen and oxygen atoms in total. The number of hydrogen-bond donors (Lipinski definition) is 4. The third-order valence-electron chi connectivity index (χ3n) is 8.99. The van der Waals surface area contributed by atoms with Gasteiger partial charge in [-0.15, -0.1) is 11.3 Å². The van der Waals surface area contributed by atoms with Crippen molar-refractivity contribution in [2.75, 3.05) is 65.4 Å². The van der Waals surface area contributed by atoms with Crippen LogP contribution in [-0.4, -0.2) is 109 Å². The first-order chi connectivity index (χ1) is 26.5. The monoisotopic (exact) mass is 787 g/mol. The van der Waals surface area contributed by atoms with Gasteiger partial charge in [-0.25, -0.2) is 24.1 Å². The van der Waals surface area contributed by atoms with Gasteiger partial charge in [0.1, 0.15) is 11.7 Å². The molecule has 0 saturated carbocycles. The van der Waals surface area contributed by atoms with Gasteiger partial charge in [0, 0.05) is 23.0 Å². The number of thiazole rings is 2. The van der Waals surface area contributed by atoms with Gasteiger partial charge in [0.2, 0.25) is 5.13 Å². The number of nitrogens with two attached hydrogens (primary N) is 1. The van der Waals surface area contributed by atoms with E-state index < -0.39 is 11.8 Å². The topological polar surface area (TPSA) is 156 Å². The number of para-hydroxylation sites is 1. The lowest BCUT2D eigenvalue weighted by Crippen LogP contribution is -2.41. The Morgan fingerprint density at radius 3 is 2.69 bits per heavy atom. The van der Waals surface area contributed by atoms with E-state index in [2.05, 4.69) is 44.1 Å². The Balaban J connectivity index is 1.27. The average Bonchev–Trinajstić information content (AvgIpc) is 3.77. The van der Waals surface area contributed by atoms with Crippen molar-refractivity contribution >= 4 is 60.8 Å². The molecule has 1 fully saturated rings. The van der Waals surface area contributed by atoms with Crippen molar-refractivity contribution in [3.8, 4) is 17.6 Å². The van der Waals surface area contributed by atoms with Crippen LogP contribution in [0.5, 0.6) is 5.75 Å². The summed E-state index contributed by atoms with van der Waals surface area (Å²) in [7, 11) is 5.97. The number of likely N-dealkylation sites (tertiary alicyclic amines) is 1. The highest BCUT2D eigenvalue weighted by atomic mass is 32.1. The van der Waals surface area contributed by atoms with Gasteiger partial charge in [0.25, 0.3) is 0 Å². The van der Waals surface area contributed by atoms with Crippen molar-refractivity contribution in [1.82, 2.24) is 25.1 Å². The first-order valence-corrected chi connectivity index (χ1v) is 20.1. The number of carboxylic acid groups (broad SMARTS) is 1. The van der Waals surface area contributed by atoms with Gasteiger partial charge in [-0.05, 0) is 128 Å². The van der Waals surface area contributed by atoms with Crippen LogP contribution in [0.1, 0.15) is 60.0 Å².